The van der Waals surface area contributed by atoms with Gasteiger partial charge in [-0.2, -0.15) is 0 Å². The maximum absolute atomic E-state index is 11.4. The van der Waals surface area contributed by atoms with Crippen molar-refractivity contribution in [1.82, 2.24) is 0 Å². The van der Waals surface area contributed by atoms with Gasteiger partial charge in [0.15, 0.2) is 0 Å². The number of carbonyl (C=O) groups excluding carboxylic acids is 1. The summed E-state index contributed by atoms with van der Waals surface area (Å²) in [5, 5.41) is 40.9. The van der Waals surface area contributed by atoms with E-state index in [4.69, 9.17) is 13.9 Å². The average molecular weight is 374 g/mol. The van der Waals surface area contributed by atoms with E-state index < -0.39 is 42.3 Å². The molecule has 10 heteroatoms. The molecule has 9 nitrogen and oxygen atoms in total. The fourth-order valence-electron chi connectivity index (χ4n) is 2.65. The van der Waals surface area contributed by atoms with Gasteiger partial charge in [0.05, 0.1) is 5.97 Å². The molecule has 1 saturated heterocycles. The quantitative estimate of drug-likeness (QED) is 0.355. The van der Waals surface area contributed by atoms with Crippen molar-refractivity contribution in [2.75, 3.05) is 0 Å². The third-order valence-corrected chi connectivity index (χ3v) is 3.98. The van der Waals surface area contributed by atoms with E-state index >= 15 is 0 Å². The molecule has 0 saturated carbocycles. The standard InChI is InChI=1S/C16H16O9.Na/c1-6-4-10(17)24-9-5-7(2-3-8(6)9)23-16-13(20)11(18)12(19)14(25-16)15(21)22;/h2-5,11-14,16,18-20H,1H3,(H,21,22);/q;+1/p-1/t11-,12-,13+,14+,16+;/m0./s1. The fourth-order valence-corrected chi connectivity index (χ4v) is 2.65. The Labute approximate surface area is 169 Å². The van der Waals surface area contributed by atoms with Crippen LogP contribution in [0, 0.1) is 6.92 Å². The van der Waals surface area contributed by atoms with Crippen LogP contribution in [-0.2, 0) is 9.53 Å². The van der Waals surface area contributed by atoms with E-state index in [1.165, 1.54) is 18.2 Å². The Morgan fingerprint density at radius 2 is 1.85 bits per heavy atom. The van der Waals surface area contributed by atoms with Crippen LogP contribution in [0.2, 0.25) is 0 Å². The predicted octanol–water partition coefficient (Wildman–Crippen LogP) is -4.96. The monoisotopic (exact) mass is 374 g/mol. The van der Waals surface area contributed by atoms with Gasteiger partial charge < -0.3 is 39.1 Å². The van der Waals surface area contributed by atoms with Crippen molar-refractivity contribution in [2.45, 2.75) is 37.6 Å². The molecular formula is C16H15NaO9. The van der Waals surface area contributed by atoms with E-state index in [1.807, 2.05) is 0 Å². The smallest absolute Gasteiger partial charge is 0.547 e. The number of hydrogen-bond acceptors (Lipinski definition) is 9. The maximum Gasteiger partial charge on any atom is 1.00 e. The molecule has 0 unspecified atom stereocenters. The van der Waals surface area contributed by atoms with E-state index in [2.05, 4.69) is 0 Å². The van der Waals surface area contributed by atoms with Crippen LogP contribution >= 0.6 is 0 Å². The summed E-state index contributed by atoms with van der Waals surface area (Å²) in [4.78, 5) is 22.4. The van der Waals surface area contributed by atoms with Gasteiger partial charge in [-0.1, -0.05) is 0 Å². The third kappa shape index (κ3) is 3.94. The Kier molecular flexibility index (Phi) is 6.46. The van der Waals surface area contributed by atoms with Crippen molar-refractivity contribution in [1.29, 1.82) is 0 Å². The molecule has 26 heavy (non-hydrogen) atoms. The molecule has 3 N–H and O–H groups in total. The molecule has 2 aromatic rings. The second-order valence-corrected chi connectivity index (χ2v) is 5.74. The SMILES string of the molecule is Cc1cc(=O)oc2cc(O[C@@H]3O[C@@H](C(=O)[O-])[C@@H](O)[C@H](O)[C@H]3O)ccc12.[Na+]. The number of ether oxygens (including phenoxy) is 2. The Morgan fingerprint density at radius 1 is 1.15 bits per heavy atom. The number of aliphatic hydroxyl groups is 3. The summed E-state index contributed by atoms with van der Waals surface area (Å²) in [6.07, 6.45) is -8.82. The Balaban J connectivity index is 0.00000243. The van der Waals surface area contributed by atoms with Gasteiger partial charge in [0.2, 0.25) is 6.29 Å². The molecule has 0 aliphatic carbocycles. The first-order valence-electron chi connectivity index (χ1n) is 7.39. The van der Waals surface area contributed by atoms with E-state index in [1.54, 1.807) is 13.0 Å². The molecule has 1 aliphatic rings. The number of aliphatic hydroxyl groups excluding tert-OH is 3. The molecule has 3 rings (SSSR count). The summed E-state index contributed by atoms with van der Waals surface area (Å²) in [6, 6.07) is 5.81. The Bertz CT molecular complexity index is 864. The van der Waals surface area contributed by atoms with Gasteiger partial charge in [-0.05, 0) is 24.6 Å². The molecule has 5 atom stereocenters. The molecule has 0 radical (unpaired) electrons. The number of fused-ring (bicyclic) bond motifs is 1. The van der Waals surface area contributed by atoms with Crippen LogP contribution in [0.15, 0.2) is 33.5 Å². The van der Waals surface area contributed by atoms with E-state index in [0.717, 1.165) is 0 Å². The molecular weight excluding hydrogens is 359 g/mol. The van der Waals surface area contributed by atoms with Gasteiger partial charge in [0.25, 0.3) is 0 Å². The summed E-state index contributed by atoms with van der Waals surface area (Å²) in [5.74, 6) is -1.65. The van der Waals surface area contributed by atoms with E-state index in [0.29, 0.717) is 10.9 Å². The number of aryl methyl sites for hydroxylation is 1. The van der Waals surface area contributed by atoms with Crippen molar-refractivity contribution in [2.24, 2.45) is 0 Å². The second-order valence-electron chi connectivity index (χ2n) is 5.74. The van der Waals surface area contributed by atoms with E-state index in [9.17, 15) is 30.0 Å². The van der Waals surface area contributed by atoms with E-state index in [-0.39, 0.29) is 40.9 Å². The molecule has 0 bridgehead atoms. The largest absolute Gasteiger partial charge is 1.00 e. The Morgan fingerprint density at radius 3 is 2.50 bits per heavy atom. The molecule has 0 amide bonds. The molecule has 1 fully saturated rings. The van der Waals surface area contributed by atoms with Gasteiger partial charge in [-0.3, -0.25) is 0 Å². The number of rotatable bonds is 3. The zero-order valence-corrected chi connectivity index (χ0v) is 16.0. The van der Waals surface area contributed by atoms with Gasteiger partial charge in [-0.25, -0.2) is 4.79 Å². The summed E-state index contributed by atoms with van der Waals surface area (Å²) in [7, 11) is 0. The number of benzene rings is 1. The van der Waals surface area contributed by atoms with Crippen LogP contribution in [0.3, 0.4) is 0 Å². The summed E-state index contributed by atoms with van der Waals surface area (Å²) in [6.45, 7) is 1.73. The number of hydrogen-bond donors (Lipinski definition) is 3. The normalized spacial score (nSPS) is 28.4. The number of carbonyl (C=O) groups is 1. The van der Waals surface area contributed by atoms with Gasteiger partial charge in [0, 0.05) is 17.5 Å². The first kappa shape index (κ1) is 20.8. The van der Waals surface area contributed by atoms with Crippen LogP contribution in [-0.4, -0.2) is 52.0 Å². The van der Waals surface area contributed by atoms with Crippen LogP contribution < -0.4 is 45.0 Å². The minimum Gasteiger partial charge on any atom is -0.547 e. The maximum atomic E-state index is 11.4. The Hall–Kier alpha value is -1.46. The number of aliphatic carboxylic acids is 1. The first-order chi connectivity index (χ1) is 11.8. The van der Waals surface area contributed by atoms with Gasteiger partial charge >= 0.3 is 35.2 Å². The van der Waals surface area contributed by atoms with Crippen molar-refractivity contribution in [3.8, 4) is 5.75 Å². The minimum atomic E-state index is -1.87. The van der Waals surface area contributed by atoms with Crippen LogP contribution in [0.1, 0.15) is 5.56 Å². The van der Waals surface area contributed by atoms with Crippen LogP contribution in [0.25, 0.3) is 11.0 Å². The zero-order valence-electron chi connectivity index (χ0n) is 14.0. The zero-order chi connectivity index (χ0) is 18.3. The van der Waals surface area contributed by atoms with Crippen molar-refractivity contribution in [3.05, 3.63) is 40.2 Å². The first-order valence-corrected chi connectivity index (χ1v) is 7.39. The number of carboxylic acid groups (broad SMARTS) is 1. The minimum absolute atomic E-state index is 0. The molecule has 134 valence electrons. The second kappa shape index (κ2) is 8.05. The van der Waals surface area contributed by atoms with Crippen molar-refractivity contribution in [3.63, 3.8) is 0 Å². The average Bonchev–Trinajstić information content (AvgIpc) is 2.54. The van der Waals surface area contributed by atoms with Crippen LogP contribution in [0.5, 0.6) is 5.75 Å². The van der Waals surface area contributed by atoms with Crippen molar-refractivity contribution >= 4 is 16.9 Å². The summed E-state index contributed by atoms with van der Waals surface area (Å²) >= 11 is 0. The third-order valence-electron chi connectivity index (χ3n) is 3.98. The molecule has 1 aromatic heterocycles. The summed E-state index contributed by atoms with van der Waals surface area (Å²) in [5.41, 5.74) is 0.374. The van der Waals surface area contributed by atoms with Gasteiger partial charge in [-0.15, -0.1) is 0 Å². The predicted molar refractivity (Wildman–Crippen MR) is 79.5 cm³/mol. The summed E-state index contributed by atoms with van der Waals surface area (Å²) < 4.78 is 15.4. The molecule has 2 heterocycles. The molecule has 1 aliphatic heterocycles. The molecule has 0 spiro atoms. The molecule has 1 aromatic carbocycles. The van der Waals surface area contributed by atoms with Crippen LogP contribution in [0.4, 0.5) is 0 Å². The topological polar surface area (TPSA) is 149 Å². The number of carboxylic acids is 1. The van der Waals surface area contributed by atoms with Crippen molar-refractivity contribution < 1.29 is 68.7 Å². The fraction of sp³-hybridized carbons (Fsp3) is 0.375. The van der Waals surface area contributed by atoms with Gasteiger partial charge in [0.1, 0.15) is 35.7 Å².